The molecule has 0 aromatic carbocycles. The van der Waals surface area contributed by atoms with Crippen molar-refractivity contribution in [2.75, 3.05) is 54.1 Å². The Labute approximate surface area is 310 Å². The second-order valence-corrected chi connectivity index (χ2v) is 16.7. The number of carboxylic acids is 1. The van der Waals surface area contributed by atoms with Gasteiger partial charge >= 0.3 is 25.7 Å². The van der Waals surface area contributed by atoms with Crippen LogP contribution in [0.1, 0.15) is 156 Å². The van der Waals surface area contributed by atoms with Gasteiger partial charge in [-0.25, -0.2) is 4.57 Å². The summed E-state index contributed by atoms with van der Waals surface area (Å²) in [5.41, 5.74) is 0. The van der Waals surface area contributed by atoms with E-state index < -0.39 is 44.5 Å². The van der Waals surface area contributed by atoms with Gasteiger partial charge in [-0.2, -0.15) is 0 Å². The van der Waals surface area contributed by atoms with Crippen LogP contribution in [0.25, 0.3) is 0 Å². The molecule has 0 fully saturated rings. The zero-order chi connectivity index (χ0) is 38.4. The van der Waals surface area contributed by atoms with Crippen LogP contribution in [-0.4, -0.2) is 98.6 Å². The molecular formula is C38H76N2O10P+. The lowest BCUT2D eigenvalue weighted by molar-refractivity contribution is -0.870. The molecule has 2 unspecified atom stereocenters. The van der Waals surface area contributed by atoms with Crippen molar-refractivity contribution in [2.24, 2.45) is 5.92 Å². The Hall–Kier alpha value is -1.56. The molecule has 0 spiro atoms. The maximum atomic E-state index is 12.6. The quantitative estimate of drug-likeness (QED) is 0.0245. The maximum Gasteiger partial charge on any atom is 0.472 e. The molecule has 12 nitrogen and oxygen atoms in total. The summed E-state index contributed by atoms with van der Waals surface area (Å²) in [5, 5.41) is 12.3. The number of quaternary nitrogens is 1. The van der Waals surface area contributed by atoms with Crippen molar-refractivity contribution in [1.29, 1.82) is 0 Å². The Morgan fingerprint density at radius 2 is 1.16 bits per heavy atom. The van der Waals surface area contributed by atoms with Gasteiger partial charge < -0.3 is 29.3 Å². The Balaban J connectivity index is 4.47. The van der Waals surface area contributed by atoms with E-state index in [0.717, 1.165) is 51.4 Å². The Morgan fingerprint density at radius 1 is 0.686 bits per heavy atom. The van der Waals surface area contributed by atoms with Crippen LogP contribution in [0.2, 0.25) is 0 Å². The molecular weight excluding hydrogens is 675 g/mol. The largest absolute Gasteiger partial charge is 0.480 e. The summed E-state index contributed by atoms with van der Waals surface area (Å²) in [6, 6.07) is -0.539. The number of ether oxygens (including phenoxy) is 2. The van der Waals surface area contributed by atoms with Crippen LogP contribution in [0.4, 0.5) is 0 Å². The van der Waals surface area contributed by atoms with Crippen molar-refractivity contribution < 1.29 is 52.0 Å². The first-order valence-electron chi connectivity index (χ1n) is 19.9. The molecule has 13 heteroatoms. The van der Waals surface area contributed by atoms with Crippen molar-refractivity contribution in [1.82, 2.24) is 5.32 Å². The molecule has 0 aliphatic rings. The SMILES string of the molecule is CCCCCCCCCCCCCCCC(=O)OC[C@H](COP(=O)(O)OCC[N+](C)(C)C)OC(=O)CCCCCCCCNC(C(=O)O)C(C)C. The van der Waals surface area contributed by atoms with Gasteiger partial charge in [0.05, 0.1) is 27.7 Å². The molecule has 0 aliphatic heterocycles. The van der Waals surface area contributed by atoms with Gasteiger partial charge in [0.1, 0.15) is 25.8 Å². The average Bonchev–Trinajstić information content (AvgIpc) is 3.04. The number of carbonyl (C=O) groups excluding carboxylic acids is 2. The second kappa shape index (κ2) is 30.9. The highest BCUT2D eigenvalue weighted by Gasteiger charge is 2.27. The van der Waals surface area contributed by atoms with Gasteiger partial charge in [-0.15, -0.1) is 0 Å². The second-order valence-electron chi connectivity index (χ2n) is 15.3. The number of likely N-dealkylation sites (N-methyl/N-ethyl adjacent to an activating group) is 1. The molecule has 0 aliphatic carbocycles. The fourth-order valence-electron chi connectivity index (χ4n) is 5.52. The van der Waals surface area contributed by atoms with E-state index in [-0.39, 0.29) is 32.0 Å². The van der Waals surface area contributed by atoms with Crippen LogP contribution < -0.4 is 5.32 Å². The molecule has 0 aromatic heterocycles. The number of carbonyl (C=O) groups is 3. The number of nitrogens with zero attached hydrogens (tertiary/aromatic N) is 1. The molecule has 0 rings (SSSR count). The Bertz CT molecular complexity index is 944. The zero-order valence-corrected chi connectivity index (χ0v) is 34.1. The number of aliphatic carboxylic acids is 1. The van der Waals surface area contributed by atoms with E-state index in [1.807, 2.05) is 35.0 Å². The summed E-state index contributed by atoms with van der Waals surface area (Å²) in [6.07, 6.45) is 20.3. The lowest BCUT2D eigenvalue weighted by atomic mass is 10.0. The molecule has 3 atom stereocenters. The molecule has 0 bridgehead atoms. The highest BCUT2D eigenvalue weighted by molar-refractivity contribution is 7.47. The van der Waals surface area contributed by atoms with E-state index in [1.54, 1.807) is 0 Å². The van der Waals surface area contributed by atoms with Crippen LogP contribution in [0.3, 0.4) is 0 Å². The Kier molecular flexibility index (Phi) is 29.9. The summed E-state index contributed by atoms with van der Waals surface area (Å²) in [6.45, 7) is 6.44. The van der Waals surface area contributed by atoms with E-state index in [0.29, 0.717) is 24.0 Å². The lowest BCUT2D eigenvalue weighted by Crippen LogP contribution is -2.41. The van der Waals surface area contributed by atoms with Crippen LogP contribution >= 0.6 is 7.82 Å². The molecule has 0 saturated carbocycles. The number of phosphoric acid groups is 1. The van der Waals surface area contributed by atoms with Crippen LogP contribution in [0, 0.1) is 5.92 Å². The molecule has 0 amide bonds. The van der Waals surface area contributed by atoms with E-state index in [2.05, 4.69) is 12.2 Å². The highest BCUT2D eigenvalue weighted by atomic mass is 31.2. The maximum absolute atomic E-state index is 12.6. The molecule has 302 valence electrons. The number of unbranched alkanes of at least 4 members (excludes halogenated alkanes) is 17. The third-order valence-electron chi connectivity index (χ3n) is 8.76. The molecule has 0 aromatic rings. The van der Waals surface area contributed by atoms with Gasteiger partial charge in [-0.1, -0.05) is 124 Å². The minimum atomic E-state index is -4.40. The predicted molar refractivity (Wildman–Crippen MR) is 202 cm³/mol. The van der Waals surface area contributed by atoms with Gasteiger partial charge in [0, 0.05) is 12.8 Å². The van der Waals surface area contributed by atoms with E-state index in [1.165, 1.54) is 64.2 Å². The summed E-state index contributed by atoms with van der Waals surface area (Å²) >= 11 is 0. The van der Waals surface area contributed by atoms with E-state index in [9.17, 15) is 28.9 Å². The summed E-state index contributed by atoms with van der Waals surface area (Å²) < 4.78 is 34.1. The van der Waals surface area contributed by atoms with Crippen molar-refractivity contribution in [3.05, 3.63) is 0 Å². The first-order chi connectivity index (χ1) is 24.2. The molecule has 51 heavy (non-hydrogen) atoms. The minimum Gasteiger partial charge on any atom is -0.480 e. The van der Waals surface area contributed by atoms with E-state index in [4.69, 9.17) is 18.5 Å². The van der Waals surface area contributed by atoms with E-state index >= 15 is 0 Å². The monoisotopic (exact) mass is 752 g/mol. The van der Waals surface area contributed by atoms with Gasteiger partial charge in [-0.3, -0.25) is 23.4 Å². The number of esters is 2. The van der Waals surface area contributed by atoms with Crippen molar-refractivity contribution >= 4 is 25.7 Å². The number of hydrogen-bond donors (Lipinski definition) is 3. The first-order valence-corrected chi connectivity index (χ1v) is 21.4. The molecule has 0 saturated heterocycles. The van der Waals surface area contributed by atoms with Crippen molar-refractivity contribution in [3.8, 4) is 0 Å². The summed E-state index contributed by atoms with van der Waals surface area (Å²) in [5.74, 6) is -1.70. The zero-order valence-electron chi connectivity index (χ0n) is 33.2. The molecule has 0 heterocycles. The third-order valence-corrected chi connectivity index (χ3v) is 9.74. The van der Waals surface area contributed by atoms with Crippen LogP contribution in [0.5, 0.6) is 0 Å². The first kappa shape index (κ1) is 49.4. The number of rotatable bonds is 36. The number of carboxylic acid groups (broad SMARTS) is 1. The van der Waals surface area contributed by atoms with Crippen LogP contribution in [-0.2, 0) is 37.5 Å². The molecule has 0 radical (unpaired) electrons. The fourth-order valence-corrected chi connectivity index (χ4v) is 6.26. The third kappa shape index (κ3) is 32.8. The Morgan fingerprint density at radius 3 is 1.63 bits per heavy atom. The smallest absolute Gasteiger partial charge is 0.472 e. The predicted octanol–water partition coefficient (Wildman–Crippen LogP) is 8.19. The minimum absolute atomic E-state index is 0.00710. The fraction of sp³-hybridized carbons (Fsp3) is 0.921. The number of hydrogen-bond acceptors (Lipinski definition) is 9. The normalized spacial score (nSPS) is 14.3. The van der Waals surface area contributed by atoms with Crippen molar-refractivity contribution in [2.45, 2.75) is 168 Å². The van der Waals surface area contributed by atoms with Gasteiger partial charge in [0.15, 0.2) is 6.10 Å². The summed E-state index contributed by atoms with van der Waals surface area (Å²) in [4.78, 5) is 46.5. The van der Waals surface area contributed by atoms with Gasteiger partial charge in [-0.05, 0) is 31.7 Å². The molecule has 3 N–H and O–H groups in total. The van der Waals surface area contributed by atoms with Gasteiger partial charge in [0.2, 0.25) is 0 Å². The topological polar surface area (TPSA) is 158 Å². The number of nitrogens with one attached hydrogen (secondary N) is 1. The van der Waals surface area contributed by atoms with Gasteiger partial charge in [0.25, 0.3) is 0 Å². The number of phosphoric ester groups is 1. The average molecular weight is 752 g/mol. The van der Waals surface area contributed by atoms with Crippen LogP contribution in [0.15, 0.2) is 0 Å². The summed E-state index contributed by atoms with van der Waals surface area (Å²) in [7, 11) is 1.39. The standard InChI is InChI=1S/C38H75N2O10P/c1-7-8-9-10-11-12-13-14-15-16-17-20-23-26-35(41)47-31-34(32-49-51(45,46)48-30-29-40(4,5)6)50-36(42)27-24-21-18-19-22-25-28-39-37(33(2)3)38(43)44/h33-34,37,39H,7-32H2,1-6H3,(H-,43,44,45,46)/p+1/t34-,37?/m1/s1. The lowest BCUT2D eigenvalue weighted by Gasteiger charge is -2.24. The highest BCUT2D eigenvalue weighted by Crippen LogP contribution is 2.43. The van der Waals surface area contributed by atoms with Crippen molar-refractivity contribution in [3.63, 3.8) is 0 Å².